The van der Waals surface area contributed by atoms with Crippen LogP contribution in [0, 0.1) is 0 Å². The summed E-state index contributed by atoms with van der Waals surface area (Å²) in [5.41, 5.74) is -0.535. The summed E-state index contributed by atoms with van der Waals surface area (Å²) in [6.45, 7) is 11.9. The highest BCUT2D eigenvalue weighted by Crippen LogP contribution is 2.14. The molecule has 9 nitrogen and oxygen atoms in total. The van der Waals surface area contributed by atoms with Gasteiger partial charge in [-0.05, 0) is 72.7 Å². The van der Waals surface area contributed by atoms with E-state index in [2.05, 4.69) is 16.0 Å². The van der Waals surface area contributed by atoms with Crippen LogP contribution < -0.4 is 16.0 Å². The predicted molar refractivity (Wildman–Crippen MR) is 108 cm³/mol. The fourth-order valence-electron chi connectivity index (χ4n) is 1.98. The van der Waals surface area contributed by atoms with Crippen molar-refractivity contribution < 1.29 is 28.7 Å². The van der Waals surface area contributed by atoms with Crippen LogP contribution in [0.5, 0.6) is 0 Å². The van der Waals surface area contributed by atoms with Gasteiger partial charge in [-0.25, -0.2) is 14.4 Å². The second-order valence-corrected chi connectivity index (χ2v) is 8.45. The van der Waals surface area contributed by atoms with E-state index in [0.29, 0.717) is 5.69 Å². The highest BCUT2D eigenvalue weighted by molar-refractivity contribution is 5.98. The van der Waals surface area contributed by atoms with Gasteiger partial charge in [0.15, 0.2) is 6.10 Å². The quantitative estimate of drug-likeness (QED) is 0.659. The normalized spacial score (nSPS) is 12.4. The molecule has 0 spiro atoms. The van der Waals surface area contributed by atoms with Crippen LogP contribution in [0.1, 0.15) is 58.8 Å². The summed E-state index contributed by atoms with van der Waals surface area (Å²) < 4.78 is 10.2. The number of carbonyl (C=O) groups is 4. The average molecular weight is 407 g/mol. The van der Waals surface area contributed by atoms with Gasteiger partial charge in [0.2, 0.25) is 0 Å². The molecular formula is C20H29N3O6. The third-order valence-electron chi connectivity index (χ3n) is 3.14. The lowest BCUT2D eigenvalue weighted by molar-refractivity contribution is -0.127. The molecule has 4 amide bonds. The monoisotopic (exact) mass is 407 g/mol. The fraction of sp³-hybridized carbons (Fsp3) is 0.500. The molecule has 0 radical (unpaired) electrons. The number of rotatable bonds is 4. The maximum Gasteiger partial charge on any atom is 0.412 e. The number of anilines is 1. The van der Waals surface area contributed by atoms with Crippen molar-refractivity contribution in [1.29, 1.82) is 0 Å². The zero-order valence-electron chi connectivity index (χ0n) is 17.8. The lowest BCUT2D eigenvalue weighted by atomic mass is 10.1. The molecule has 1 atom stereocenters. The minimum Gasteiger partial charge on any atom is -0.449 e. The summed E-state index contributed by atoms with van der Waals surface area (Å²) in [7, 11) is 0. The molecule has 0 aliphatic carbocycles. The van der Waals surface area contributed by atoms with Gasteiger partial charge >= 0.3 is 18.1 Å². The van der Waals surface area contributed by atoms with Crippen molar-refractivity contribution in [2.75, 3.05) is 5.32 Å². The number of imide groups is 1. The molecule has 0 aliphatic heterocycles. The van der Waals surface area contributed by atoms with E-state index in [1.807, 2.05) is 0 Å². The van der Waals surface area contributed by atoms with Crippen LogP contribution >= 0.6 is 0 Å². The fourth-order valence-corrected chi connectivity index (χ4v) is 1.98. The molecule has 1 rings (SSSR count). The lowest BCUT2D eigenvalue weighted by Crippen LogP contribution is -2.50. The molecule has 0 saturated carbocycles. The second kappa shape index (κ2) is 9.40. The SMILES string of the molecule is C[C@@H](OC(=O)c1ccc(NC(=O)OC(C)(C)C)cc1)C(=O)NC(=O)NC(C)(C)C. The second-order valence-electron chi connectivity index (χ2n) is 8.45. The highest BCUT2D eigenvalue weighted by atomic mass is 16.6. The van der Waals surface area contributed by atoms with E-state index in [0.717, 1.165) is 0 Å². The molecule has 1 aromatic rings. The summed E-state index contributed by atoms with van der Waals surface area (Å²) >= 11 is 0. The number of ether oxygens (including phenoxy) is 2. The Balaban J connectivity index is 2.60. The summed E-state index contributed by atoms with van der Waals surface area (Å²) in [5, 5.41) is 7.23. The number of hydrogen-bond acceptors (Lipinski definition) is 6. The number of esters is 1. The van der Waals surface area contributed by atoms with Crippen molar-refractivity contribution in [3.8, 4) is 0 Å². The first-order chi connectivity index (χ1) is 13.2. The maximum atomic E-state index is 12.2. The van der Waals surface area contributed by atoms with Crippen LogP contribution in [0.4, 0.5) is 15.3 Å². The smallest absolute Gasteiger partial charge is 0.412 e. The topological polar surface area (TPSA) is 123 Å². The zero-order chi connectivity index (χ0) is 22.4. The Morgan fingerprint density at radius 2 is 1.48 bits per heavy atom. The number of nitrogens with one attached hydrogen (secondary N) is 3. The number of hydrogen-bond donors (Lipinski definition) is 3. The predicted octanol–water partition coefficient (Wildman–Crippen LogP) is 3.20. The minimum atomic E-state index is -1.17. The van der Waals surface area contributed by atoms with Crippen LogP contribution in [0.15, 0.2) is 24.3 Å². The van der Waals surface area contributed by atoms with Gasteiger partial charge < -0.3 is 14.8 Å². The van der Waals surface area contributed by atoms with Crippen molar-refractivity contribution >= 4 is 29.7 Å². The van der Waals surface area contributed by atoms with Crippen molar-refractivity contribution in [3.05, 3.63) is 29.8 Å². The summed E-state index contributed by atoms with van der Waals surface area (Å²) in [4.78, 5) is 47.6. The van der Waals surface area contributed by atoms with Gasteiger partial charge in [0.25, 0.3) is 5.91 Å². The van der Waals surface area contributed by atoms with E-state index in [-0.39, 0.29) is 5.56 Å². The lowest BCUT2D eigenvalue weighted by Gasteiger charge is -2.21. The minimum absolute atomic E-state index is 0.179. The molecule has 9 heteroatoms. The Bertz CT molecular complexity index is 760. The Labute approximate surface area is 170 Å². The molecule has 0 aromatic heterocycles. The standard InChI is InChI=1S/C20H29N3O6/c1-12(15(24)22-17(26)23-19(2,3)4)28-16(25)13-8-10-14(11-9-13)21-18(27)29-20(5,6)7/h8-12H,1-7H3,(H,21,27)(H2,22,23,24,26)/t12-/m1/s1. The third-order valence-corrected chi connectivity index (χ3v) is 3.14. The number of urea groups is 1. The summed E-state index contributed by atoms with van der Waals surface area (Å²) in [5.74, 6) is -1.49. The molecule has 0 fully saturated rings. The van der Waals surface area contributed by atoms with Gasteiger partial charge in [0.1, 0.15) is 5.60 Å². The van der Waals surface area contributed by atoms with Crippen LogP contribution in [0.25, 0.3) is 0 Å². The Kier molecular flexibility index (Phi) is 7.76. The molecule has 1 aromatic carbocycles. The molecule has 0 heterocycles. The van der Waals surface area contributed by atoms with E-state index in [1.165, 1.54) is 31.2 Å². The van der Waals surface area contributed by atoms with E-state index in [4.69, 9.17) is 9.47 Å². The average Bonchev–Trinajstić information content (AvgIpc) is 2.51. The summed E-state index contributed by atoms with van der Waals surface area (Å²) in [6.07, 6.45) is -1.79. The van der Waals surface area contributed by atoms with Gasteiger partial charge in [-0.1, -0.05) is 0 Å². The molecule has 160 valence electrons. The number of benzene rings is 1. The highest BCUT2D eigenvalue weighted by Gasteiger charge is 2.23. The zero-order valence-corrected chi connectivity index (χ0v) is 17.8. The van der Waals surface area contributed by atoms with E-state index in [9.17, 15) is 19.2 Å². The van der Waals surface area contributed by atoms with Crippen LogP contribution in [-0.2, 0) is 14.3 Å². The molecule has 0 saturated heterocycles. The van der Waals surface area contributed by atoms with E-state index in [1.54, 1.807) is 41.5 Å². The summed E-state index contributed by atoms with van der Waals surface area (Å²) in [6, 6.07) is 5.20. The molecule has 0 aliphatic rings. The molecular weight excluding hydrogens is 378 g/mol. The van der Waals surface area contributed by atoms with Gasteiger partial charge in [-0.15, -0.1) is 0 Å². The van der Waals surface area contributed by atoms with Crippen molar-refractivity contribution in [2.24, 2.45) is 0 Å². The van der Waals surface area contributed by atoms with Crippen molar-refractivity contribution in [1.82, 2.24) is 10.6 Å². The Morgan fingerprint density at radius 3 is 1.97 bits per heavy atom. The largest absolute Gasteiger partial charge is 0.449 e. The van der Waals surface area contributed by atoms with Gasteiger partial charge in [-0.2, -0.15) is 0 Å². The van der Waals surface area contributed by atoms with E-state index < -0.39 is 41.2 Å². The van der Waals surface area contributed by atoms with Crippen LogP contribution in [0.2, 0.25) is 0 Å². The van der Waals surface area contributed by atoms with Gasteiger partial charge in [0.05, 0.1) is 5.56 Å². The van der Waals surface area contributed by atoms with Gasteiger partial charge in [0, 0.05) is 11.2 Å². The van der Waals surface area contributed by atoms with Gasteiger partial charge in [-0.3, -0.25) is 15.4 Å². The first-order valence-corrected chi connectivity index (χ1v) is 9.10. The molecule has 0 unspecified atom stereocenters. The molecule has 3 N–H and O–H groups in total. The first kappa shape index (κ1) is 23.9. The molecule has 0 bridgehead atoms. The first-order valence-electron chi connectivity index (χ1n) is 9.10. The number of carbonyl (C=O) groups excluding carboxylic acids is 4. The van der Waals surface area contributed by atoms with Crippen molar-refractivity contribution in [3.63, 3.8) is 0 Å². The maximum absolute atomic E-state index is 12.2. The van der Waals surface area contributed by atoms with Crippen LogP contribution in [0.3, 0.4) is 0 Å². The molecule has 29 heavy (non-hydrogen) atoms. The Morgan fingerprint density at radius 1 is 0.931 bits per heavy atom. The third kappa shape index (κ3) is 9.59. The van der Waals surface area contributed by atoms with Crippen molar-refractivity contribution in [2.45, 2.75) is 65.7 Å². The van der Waals surface area contributed by atoms with Crippen LogP contribution in [-0.4, -0.2) is 41.2 Å². The van der Waals surface area contributed by atoms with E-state index >= 15 is 0 Å². The Hall–Kier alpha value is -3.10. The number of amides is 4.